The Morgan fingerprint density at radius 3 is 2.75 bits per heavy atom. The van der Waals surface area contributed by atoms with Crippen molar-refractivity contribution in [2.75, 3.05) is 6.54 Å². The first-order valence-electron chi connectivity index (χ1n) is 7.73. The molecule has 2 atom stereocenters. The van der Waals surface area contributed by atoms with Gasteiger partial charge >= 0.3 is 0 Å². The highest BCUT2D eigenvalue weighted by molar-refractivity contribution is 6.35. The fraction of sp³-hybridized carbons (Fsp3) is 0.647. The number of benzene rings is 1. The van der Waals surface area contributed by atoms with E-state index in [4.69, 9.17) is 23.2 Å². The first kappa shape index (κ1) is 16.1. The molecule has 0 spiro atoms. The molecule has 2 unspecified atom stereocenters. The molecule has 0 amide bonds. The summed E-state index contributed by atoms with van der Waals surface area (Å²) < 4.78 is 0. The van der Waals surface area contributed by atoms with Crippen molar-refractivity contribution in [2.24, 2.45) is 11.8 Å². The quantitative estimate of drug-likeness (QED) is 0.773. The zero-order chi connectivity index (χ0) is 14.5. The molecule has 1 N–H and O–H groups in total. The van der Waals surface area contributed by atoms with Crippen LogP contribution in [0.5, 0.6) is 0 Å². The Morgan fingerprint density at radius 1 is 1.25 bits per heavy atom. The van der Waals surface area contributed by atoms with Crippen molar-refractivity contribution in [2.45, 2.75) is 52.0 Å². The second kappa shape index (κ2) is 7.68. The molecule has 20 heavy (non-hydrogen) atoms. The number of rotatable bonds is 5. The molecule has 0 saturated heterocycles. The van der Waals surface area contributed by atoms with Crippen LogP contribution in [0.2, 0.25) is 10.0 Å². The molecule has 1 nitrogen and oxygen atoms in total. The van der Waals surface area contributed by atoms with Gasteiger partial charge in [0, 0.05) is 16.1 Å². The van der Waals surface area contributed by atoms with E-state index in [1.54, 1.807) is 0 Å². The van der Waals surface area contributed by atoms with Crippen LogP contribution >= 0.6 is 23.2 Å². The SMILES string of the molecule is CC(C)C1CCCC(NCCc2ccc(Cl)cc2Cl)C1. The molecule has 0 heterocycles. The fourth-order valence-electron chi connectivity index (χ4n) is 3.15. The van der Waals surface area contributed by atoms with Gasteiger partial charge in [0.25, 0.3) is 0 Å². The second-order valence-electron chi connectivity index (χ2n) is 6.31. The summed E-state index contributed by atoms with van der Waals surface area (Å²) in [5.41, 5.74) is 1.18. The summed E-state index contributed by atoms with van der Waals surface area (Å²) in [7, 11) is 0. The minimum atomic E-state index is 0.683. The fourth-order valence-corrected chi connectivity index (χ4v) is 3.66. The van der Waals surface area contributed by atoms with Crippen LogP contribution in [0.4, 0.5) is 0 Å². The third kappa shape index (κ3) is 4.65. The van der Waals surface area contributed by atoms with E-state index in [1.807, 2.05) is 18.2 Å². The van der Waals surface area contributed by atoms with Gasteiger partial charge in [0.15, 0.2) is 0 Å². The van der Waals surface area contributed by atoms with Gasteiger partial charge in [-0.05, 0) is 55.3 Å². The van der Waals surface area contributed by atoms with Crippen molar-refractivity contribution in [3.8, 4) is 0 Å². The van der Waals surface area contributed by atoms with Crippen molar-refractivity contribution in [3.63, 3.8) is 0 Å². The summed E-state index contributed by atoms with van der Waals surface area (Å²) in [5, 5.41) is 5.19. The molecule has 0 bridgehead atoms. The Kier molecular flexibility index (Phi) is 6.20. The van der Waals surface area contributed by atoms with Crippen molar-refractivity contribution in [1.29, 1.82) is 0 Å². The summed E-state index contributed by atoms with van der Waals surface area (Å²) in [4.78, 5) is 0. The monoisotopic (exact) mass is 313 g/mol. The minimum Gasteiger partial charge on any atom is -0.314 e. The summed E-state index contributed by atoms with van der Waals surface area (Å²) in [6.07, 6.45) is 6.38. The van der Waals surface area contributed by atoms with Crippen LogP contribution in [0.3, 0.4) is 0 Å². The van der Waals surface area contributed by atoms with Crippen molar-refractivity contribution < 1.29 is 0 Å². The summed E-state index contributed by atoms with van der Waals surface area (Å²) in [6, 6.07) is 6.46. The van der Waals surface area contributed by atoms with Crippen LogP contribution in [0, 0.1) is 11.8 Å². The Hall–Kier alpha value is -0.240. The predicted octanol–water partition coefficient (Wildman–Crippen LogP) is 5.34. The van der Waals surface area contributed by atoms with Crippen molar-refractivity contribution >= 4 is 23.2 Å². The molecule has 0 aliphatic heterocycles. The molecule has 1 aliphatic carbocycles. The van der Waals surface area contributed by atoms with E-state index < -0.39 is 0 Å². The molecule has 1 fully saturated rings. The predicted molar refractivity (Wildman–Crippen MR) is 88.8 cm³/mol. The lowest BCUT2D eigenvalue weighted by Crippen LogP contribution is -2.36. The maximum atomic E-state index is 6.20. The van der Waals surface area contributed by atoms with E-state index in [9.17, 15) is 0 Å². The molecule has 0 radical (unpaired) electrons. The van der Waals surface area contributed by atoms with Gasteiger partial charge in [0.05, 0.1) is 0 Å². The van der Waals surface area contributed by atoms with Crippen LogP contribution < -0.4 is 5.32 Å². The number of hydrogen-bond acceptors (Lipinski definition) is 1. The third-order valence-electron chi connectivity index (χ3n) is 4.50. The van der Waals surface area contributed by atoms with Crippen LogP contribution in [0.25, 0.3) is 0 Å². The Bertz CT molecular complexity index is 431. The summed E-state index contributed by atoms with van der Waals surface area (Å²) in [5.74, 6) is 1.70. The first-order chi connectivity index (χ1) is 9.56. The van der Waals surface area contributed by atoms with Gasteiger partial charge in [0.1, 0.15) is 0 Å². The van der Waals surface area contributed by atoms with Crippen molar-refractivity contribution in [1.82, 2.24) is 5.32 Å². The molecular formula is C17H25Cl2N. The van der Waals surface area contributed by atoms with Gasteiger partial charge in [-0.25, -0.2) is 0 Å². The molecule has 1 aromatic carbocycles. The van der Waals surface area contributed by atoms with Gasteiger partial charge in [0.2, 0.25) is 0 Å². The average molecular weight is 314 g/mol. The Labute approximate surface area is 133 Å². The molecule has 112 valence electrons. The Morgan fingerprint density at radius 2 is 2.05 bits per heavy atom. The zero-order valence-electron chi connectivity index (χ0n) is 12.5. The van der Waals surface area contributed by atoms with E-state index >= 15 is 0 Å². The van der Waals surface area contributed by atoms with Gasteiger partial charge in [-0.15, -0.1) is 0 Å². The second-order valence-corrected chi connectivity index (χ2v) is 7.15. The van der Waals surface area contributed by atoms with Crippen LogP contribution in [-0.2, 0) is 6.42 Å². The van der Waals surface area contributed by atoms with E-state index in [2.05, 4.69) is 19.2 Å². The highest BCUT2D eigenvalue weighted by Gasteiger charge is 2.23. The van der Waals surface area contributed by atoms with E-state index in [0.29, 0.717) is 11.1 Å². The molecule has 1 saturated carbocycles. The van der Waals surface area contributed by atoms with Crippen LogP contribution in [0.15, 0.2) is 18.2 Å². The lowest BCUT2D eigenvalue weighted by molar-refractivity contribution is 0.232. The number of nitrogens with one attached hydrogen (secondary N) is 1. The minimum absolute atomic E-state index is 0.683. The molecule has 0 aromatic heterocycles. The topological polar surface area (TPSA) is 12.0 Å². The third-order valence-corrected chi connectivity index (χ3v) is 5.09. The lowest BCUT2D eigenvalue weighted by atomic mass is 9.79. The normalized spacial score (nSPS) is 23.2. The standard InChI is InChI=1S/C17H25Cl2N/c1-12(2)14-4-3-5-16(10-14)20-9-8-13-6-7-15(18)11-17(13)19/h6-7,11-12,14,16,20H,3-5,8-10H2,1-2H3. The maximum Gasteiger partial charge on any atom is 0.0453 e. The van der Waals surface area contributed by atoms with E-state index in [-0.39, 0.29) is 0 Å². The van der Waals surface area contributed by atoms with Crippen LogP contribution in [0.1, 0.15) is 45.1 Å². The van der Waals surface area contributed by atoms with Gasteiger partial charge < -0.3 is 5.32 Å². The Balaban J connectivity index is 1.78. The highest BCUT2D eigenvalue weighted by atomic mass is 35.5. The van der Waals surface area contributed by atoms with Gasteiger partial charge in [-0.3, -0.25) is 0 Å². The molecule has 1 aromatic rings. The van der Waals surface area contributed by atoms with Crippen molar-refractivity contribution in [3.05, 3.63) is 33.8 Å². The van der Waals surface area contributed by atoms with Gasteiger partial charge in [-0.2, -0.15) is 0 Å². The zero-order valence-corrected chi connectivity index (χ0v) is 14.0. The van der Waals surface area contributed by atoms with E-state index in [0.717, 1.165) is 29.8 Å². The molecular weight excluding hydrogens is 289 g/mol. The lowest BCUT2D eigenvalue weighted by Gasteiger charge is -2.32. The summed E-state index contributed by atoms with van der Waals surface area (Å²) in [6.45, 7) is 5.69. The average Bonchev–Trinajstić information content (AvgIpc) is 2.41. The number of hydrogen-bond donors (Lipinski definition) is 1. The molecule has 2 rings (SSSR count). The molecule has 1 aliphatic rings. The largest absolute Gasteiger partial charge is 0.314 e. The molecule has 3 heteroatoms. The number of halogens is 2. The maximum absolute atomic E-state index is 6.20. The smallest absolute Gasteiger partial charge is 0.0453 e. The summed E-state index contributed by atoms with van der Waals surface area (Å²) >= 11 is 12.1. The van der Waals surface area contributed by atoms with Gasteiger partial charge in [-0.1, -0.05) is 56.0 Å². The van der Waals surface area contributed by atoms with E-state index in [1.165, 1.54) is 31.2 Å². The first-order valence-corrected chi connectivity index (χ1v) is 8.49. The highest BCUT2D eigenvalue weighted by Crippen LogP contribution is 2.30. The van der Waals surface area contributed by atoms with Crippen LogP contribution in [-0.4, -0.2) is 12.6 Å².